The summed E-state index contributed by atoms with van der Waals surface area (Å²) < 4.78 is 10.3. The summed E-state index contributed by atoms with van der Waals surface area (Å²) in [5, 5.41) is 11.3. The van der Waals surface area contributed by atoms with Gasteiger partial charge in [-0.15, -0.1) is 0 Å². The van der Waals surface area contributed by atoms with Crippen LogP contribution in [0.2, 0.25) is 0 Å². The maximum absolute atomic E-state index is 11.5. The van der Waals surface area contributed by atoms with Gasteiger partial charge in [0.1, 0.15) is 5.76 Å². The lowest BCUT2D eigenvalue weighted by molar-refractivity contribution is -0.121. The van der Waals surface area contributed by atoms with Crippen molar-refractivity contribution in [3.8, 4) is 0 Å². The van der Waals surface area contributed by atoms with Crippen LogP contribution in [0.4, 0.5) is 0 Å². The summed E-state index contributed by atoms with van der Waals surface area (Å²) in [6.07, 6.45) is 1.20. The molecule has 6 heteroatoms. The molecule has 0 atom stereocenters. The van der Waals surface area contributed by atoms with E-state index in [2.05, 4.69) is 5.32 Å². The smallest absolute Gasteiger partial charge is 0.371 e. The molecule has 2 N–H and O–H groups in total. The van der Waals surface area contributed by atoms with Crippen LogP contribution in [-0.2, 0) is 16.1 Å². The average molecular weight is 269 g/mol. The normalized spacial score (nSPS) is 10.7. The Morgan fingerprint density at radius 1 is 1.42 bits per heavy atom. The van der Waals surface area contributed by atoms with Gasteiger partial charge in [-0.3, -0.25) is 4.79 Å². The molecule has 0 saturated carbocycles. The minimum absolute atomic E-state index is 0.111. The highest BCUT2D eigenvalue weighted by atomic mass is 16.5. The van der Waals surface area contributed by atoms with Crippen LogP contribution in [0.25, 0.3) is 0 Å². The highest BCUT2D eigenvalue weighted by molar-refractivity contribution is 5.84. The maximum Gasteiger partial charge on any atom is 0.371 e. The molecule has 0 bridgehead atoms. The zero-order valence-electron chi connectivity index (χ0n) is 11.1. The van der Waals surface area contributed by atoms with Crippen LogP contribution in [0, 0.1) is 0 Å². The molecule has 1 aromatic heterocycles. The number of carbonyl (C=O) groups is 2. The third kappa shape index (κ3) is 6.05. The summed E-state index contributed by atoms with van der Waals surface area (Å²) >= 11 is 0. The highest BCUT2D eigenvalue weighted by Crippen LogP contribution is 2.07. The van der Waals surface area contributed by atoms with Crippen molar-refractivity contribution < 1.29 is 23.8 Å². The molecule has 0 aliphatic rings. The van der Waals surface area contributed by atoms with Gasteiger partial charge >= 0.3 is 5.97 Å². The lowest BCUT2D eigenvalue weighted by atomic mass is 10.3. The number of carbonyl (C=O) groups excluding carboxylic acids is 1. The molecule has 0 fully saturated rings. The van der Waals surface area contributed by atoms with Crippen LogP contribution in [0.5, 0.6) is 0 Å². The first-order chi connectivity index (χ1) is 8.99. The van der Waals surface area contributed by atoms with Crippen molar-refractivity contribution in [3.63, 3.8) is 0 Å². The number of carboxylic acid groups (broad SMARTS) is 1. The van der Waals surface area contributed by atoms with Crippen molar-refractivity contribution in [2.24, 2.45) is 0 Å². The first kappa shape index (κ1) is 15.2. The average Bonchev–Trinajstić information content (AvgIpc) is 2.81. The van der Waals surface area contributed by atoms with Gasteiger partial charge < -0.3 is 19.6 Å². The van der Waals surface area contributed by atoms with Gasteiger partial charge in [-0.1, -0.05) is 0 Å². The fraction of sp³-hybridized carbons (Fsp3) is 0.538. The Balaban J connectivity index is 2.20. The second-order valence-electron chi connectivity index (χ2n) is 4.37. The van der Waals surface area contributed by atoms with E-state index in [0.717, 1.165) is 0 Å². The standard InChI is InChI=1S/C13H19NO5/c1-9(2)18-7-3-4-12(15)14-8-10-5-6-11(19-10)13(16)17/h5-6,9H,3-4,7-8H2,1-2H3,(H,14,15)(H,16,17). The molecule has 1 rings (SSSR count). The monoisotopic (exact) mass is 269 g/mol. The summed E-state index contributed by atoms with van der Waals surface area (Å²) in [6, 6.07) is 2.89. The molecular formula is C13H19NO5. The van der Waals surface area contributed by atoms with Crippen molar-refractivity contribution >= 4 is 11.9 Å². The van der Waals surface area contributed by atoms with E-state index in [4.69, 9.17) is 14.3 Å². The third-order valence-corrected chi connectivity index (χ3v) is 2.33. The fourth-order valence-corrected chi connectivity index (χ4v) is 1.41. The van der Waals surface area contributed by atoms with Gasteiger partial charge in [-0.2, -0.15) is 0 Å². The zero-order chi connectivity index (χ0) is 14.3. The molecule has 0 aromatic carbocycles. The zero-order valence-corrected chi connectivity index (χ0v) is 11.1. The van der Waals surface area contributed by atoms with Gasteiger partial charge in [-0.25, -0.2) is 4.79 Å². The number of amides is 1. The number of aromatic carboxylic acids is 1. The largest absolute Gasteiger partial charge is 0.475 e. The van der Waals surface area contributed by atoms with E-state index in [0.29, 0.717) is 25.2 Å². The Kier molecular flexibility index (Phi) is 6.08. The number of hydrogen-bond donors (Lipinski definition) is 2. The maximum atomic E-state index is 11.5. The molecule has 1 amide bonds. The minimum Gasteiger partial charge on any atom is -0.475 e. The van der Waals surface area contributed by atoms with Gasteiger partial charge in [0, 0.05) is 13.0 Å². The predicted octanol–water partition coefficient (Wildman–Crippen LogP) is 1.80. The molecule has 0 saturated heterocycles. The second kappa shape index (κ2) is 7.58. The van der Waals surface area contributed by atoms with Crippen molar-refractivity contribution in [1.82, 2.24) is 5.32 Å². The molecule has 6 nitrogen and oxygen atoms in total. The molecular weight excluding hydrogens is 250 g/mol. The number of carboxylic acids is 1. The number of nitrogens with one attached hydrogen (secondary N) is 1. The molecule has 0 spiro atoms. The predicted molar refractivity (Wildman–Crippen MR) is 67.8 cm³/mol. The van der Waals surface area contributed by atoms with Gasteiger partial charge in [0.2, 0.25) is 11.7 Å². The molecule has 0 aliphatic carbocycles. The van der Waals surface area contributed by atoms with Crippen molar-refractivity contribution in [1.29, 1.82) is 0 Å². The highest BCUT2D eigenvalue weighted by Gasteiger charge is 2.09. The number of ether oxygens (including phenoxy) is 1. The SMILES string of the molecule is CC(C)OCCCC(=O)NCc1ccc(C(=O)O)o1. The Labute approximate surface area is 111 Å². The first-order valence-electron chi connectivity index (χ1n) is 6.19. The number of rotatable bonds is 8. The van der Waals surface area contributed by atoms with E-state index in [1.807, 2.05) is 13.8 Å². The molecule has 0 unspecified atom stereocenters. The van der Waals surface area contributed by atoms with Gasteiger partial charge in [0.15, 0.2) is 0 Å². The lowest BCUT2D eigenvalue weighted by Crippen LogP contribution is -2.22. The third-order valence-electron chi connectivity index (χ3n) is 2.33. The second-order valence-corrected chi connectivity index (χ2v) is 4.37. The van der Waals surface area contributed by atoms with E-state index in [1.54, 1.807) is 0 Å². The molecule has 1 aromatic rings. The van der Waals surface area contributed by atoms with Gasteiger partial charge in [-0.05, 0) is 32.4 Å². The molecule has 1 heterocycles. The van der Waals surface area contributed by atoms with Crippen LogP contribution in [0.3, 0.4) is 0 Å². The molecule has 0 radical (unpaired) electrons. The van der Waals surface area contributed by atoms with Crippen LogP contribution in [0.1, 0.15) is 43.0 Å². The fourth-order valence-electron chi connectivity index (χ4n) is 1.41. The topological polar surface area (TPSA) is 88.8 Å². The summed E-state index contributed by atoms with van der Waals surface area (Å²) in [7, 11) is 0. The lowest BCUT2D eigenvalue weighted by Gasteiger charge is -2.07. The Morgan fingerprint density at radius 2 is 2.16 bits per heavy atom. The summed E-state index contributed by atoms with van der Waals surface area (Å²) in [5.41, 5.74) is 0. The quantitative estimate of drug-likeness (QED) is 0.702. The van der Waals surface area contributed by atoms with E-state index in [-0.39, 0.29) is 24.3 Å². The minimum atomic E-state index is -1.12. The van der Waals surface area contributed by atoms with Crippen molar-refractivity contribution in [2.45, 2.75) is 39.3 Å². The Hall–Kier alpha value is -1.82. The molecule has 0 aliphatic heterocycles. The summed E-state index contributed by atoms with van der Waals surface area (Å²) in [5.74, 6) is -0.942. The first-order valence-corrected chi connectivity index (χ1v) is 6.19. The van der Waals surface area contributed by atoms with E-state index < -0.39 is 5.97 Å². The Morgan fingerprint density at radius 3 is 2.74 bits per heavy atom. The molecule has 19 heavy (non-hydrogen) atoms. The van der Waals surface area contributed by atoms with Crippen molar-refractivity contribution in [3.05, 3.63) is 23.7 Å². The van der Waals surface area contributed by atoms with Crippen LogP contribution < -0.4 is 5.32 Å². The Bertz CT molecular complexity index is 424. The number of furan rings is 1. The van der Waals surface area contributed by atoms with Gasteiger partial charge in [0.05, 0.1) is 12.6 Å². The van der Waals surface area contributed by atoms with Crippen LogP contribution >= 0.6 is 0 Å². The van der Waals surface area contributed by atoms with Crippen LogP contribution in [-0.4, -0.2) is 29.7 Å². The summed E-state index contributed by atoms with van der Waals surface area (Å²) in [6.45, 7) is 4.63. The van der Waals surface area contributed by atoms with Crippen LogP contribution in [0.15, 0.2) is 16.5 Å². The van der Waals surface area contributed by atoms with E-state index in [9.17, 15) is 9.59 Å². The van der Waals surface area contributed by atoms with Gasteiger partial charge in [0.25, 0.3) is 0 Å². The number of hydrogen-bond acceptors (Lipinski definition) is 4. The van der Waals surface area contributed by atoms with E-state index in [1.165, 1.54) is 12.1 Å². The van der Waals surface area contributed by atoms with Crippen molar-refractivity contribution in [2.75, 3.05) is 6.61 Å². The molecule has 106 valence electrons. The van der Waals surface area contributed by atoms with E-state index >= 15 is 0 Å². The summed E-state index contributed by atoms with van der Waals surface area (Å²) in [4.78, 5) is 22.1.